The lowest BCUT2D eigenvalue weighted by Gasteiger charge is -2.08. The average Bonchev–Trinajstić information content (AvgIpc) is 2.29. The molecule has 0 aromatic carbocycles. The summed E-state index contributed by atoms with van der Waals surface area (Å²) in [6.07, 6.45) is 2.35. The summed E-state index contributed by atoms with van der Waals surface area (Å²) in [6.45, 7) is 5.61. The number of ether oxygens (including phenoxy) is 1. The van der Waals surface area contributed by atoms with E-state index in [2.05, 4.69) is 29.4 Å². The molecule has 16 heavy (non-hydrogen) atoms. The van der Waals surface area contributed by atoms with Crippen molar-refractivity contribution in [3.05, 3.63) is 17.8 Å². The van der Waals surface area contributed by atoms with Crippen LogP contribution in [0.15, 0.2) is 12.3 Å². The molecule has 1 heterocycles. The first-order valence-corrected chi connectivity index (χ1v) is 5.32. The molecule has 0 saturated heterocycles. The van der Waals surface area contributed by atoms with Crippen molar-refractivity contribution in [3.8, 4) is 11.9 Å². The molecule has 0 saturated carbocycles. The summed E-state index contributed by atoms with van der Waals surface area (Å²) >= 11 is 0. The monoisotopic (exact) mass is 220 g/mol. The summed E-state index contributed by atoms with van der Waals surface area (Å²) in [5.74, 6) is 0.314. The van der Waals surface area contributed by atoms with E-state index in [9.17, 15) is 0 Å². The summed E-state index contributed by atoms with van der Waals surface area (Å²) in [5, 5.41) is 19.5. The largest absolute Gasteiger partial charge is 0.476 e. The van der Waals surface area contributed by atoms with Crippen LogP contribution in [0.1, 0.15) is 25.8 Å². The van der Waals surface area contributed by atoms with Crippen LogP contribution in [0.4, 0.5) is 0 Å². The van der Waals surface area contributed by atoms with Crippen LogP contribution in [0.25, 0.3) is 0 Å². The molecule has 0 bridgehead atoms. The summed E-state index contributed by atoms with van der Waals surface area (Å²) in [7, 11) is 0. The molecule has 0 spiro atoms. The number of hydrogen-bond donors (Lipinski definition) is 1. The Morgan fingerprint density at radius 1 is 1.56 bits per heavy atom. The molecule has 5 nitrogen and oxygen atoms in total. The van der Waals surface area contributed by atoms with Crippen LogP contribution in [0.2, 0.25) is 0 Å². The molecule has 0 aliphatic carbocycles. The summed E-state index contributed by atoms with van der Waals surface area (Å²) < 4.78 is 5.37. The minimum Gasteiger partial charge on any atom is -0.476 e. The zero-order valence-electron chi connectivity index (χ0n) is 9.60. The highest BCUT2D eigenvalue weighted by Crippen LogP contribution is 2.10. The van der Waals surface area contributed by atoms with E-state index in [-0.39, 0.29) is 0 Å². The smallest absolute Gasteiger partial charge is 0.251 e. The third-order valence-electron chi connectivity index (χ3n) is 1.92. The van der Waals surface area contributed by atoms with Crippen LogP contribution < -0.4 is 10.1 Å². The number of nitriles is 1. The van der Waals surface area contributed by atoms with Crippen molar-refractivity contribution in [2.75, 3.05) is 13.2 Å². The van der Waals surface area contributed by atoms with Gasteiger partial charge in [0.05, 0.1) is 12.8 Å². The van der Waals surface area contributed by atoms with Crippen LogP contribution in [0, 0.1) is 11.3 Å². The van der Waals surface area contributed by atoms with E-state index in [0.717, 1.165) is 13.0 Å². The minimum atomic E-state index is 0.314. The van der Waals surface area contributed by atoms with E-state index in [4.69, 9.17) is 10.00 Å². The van der Waals surface area contributed by atoms with Gasteiger partial charge in [0.1, 0.15) is 11.6 Å². The van der Waals surface area contributed by atoms with Gasteiger partial charge in [0, 0.05) is 6.04 Å². The summed E-state index contributed by atoms with van der Waals surface area (Å²) in [5.41, 5.74) is 0.423. The molecule has 86 valence electrons. The average molecular weight is 220 g/mol. The molecule has 0 fully saturated rings. The third kappa shape index (κ3) is 4.24. The van der Waals surface area contributed by atoms with Crippen LogP contribution in [-0.2, 0) is 0 Å². The van der Waals surface area contributed by atoms with Gasteiger partial charge < -0.3 is 10.1 Å². The van der Waals surface area contributed by atoms with Crippen molar-refractivity contribution >= 4 is 0 Å². The van der Waals surface area contributed by atoms with Crippen molar-refractivity contribution in [2.24, 2.45) is 0 Å². The second kappa shape index (κ2) is 6.75. The van der Waals surface area contributed by atoms with Gasteiger partial charge in [0.15, 0.2) is 0 Å². The number of rotatable bonds is 6. The van der Waals surface area contributed by atoms with Crippen LogP contribution in [0.5, 0.6) is 5.88 Å². The summed E-state index contributed by atoms with van der Waals surface area (Å²) in [6, 6.07) is 4.08. The number of aromatic nitrogens is 2. The lowest BCUT2D eigenvalue weighted by Crippen LogP contribution is -2.24. The van der Waals surface area contributed by atoms with Gasteiger partial charge in [-0.2, -0.15) is 10.4 Å². The molecule has 0 radical (unpaired) electrons. The molecule has 0 aliphatic rings. The first-order chi connectivity index (χ1) is 7.74. The topological polar surface area (TPSA) is 70.8 Å². The Hall–Kier alpha value is -1.67. The Bertz CT molecular complexity index is 359. The molecule has 0 unspecified atom stereocenters. The Balaban J connectivity index is 2.30. The molecule has 1 rings (SSSR count). The highest BCUT2D eigenvalue weighted by molar-refractivity contribution is 5.35. The highest BCUT2D eigenvalue weighted by Gasteiger charge is 2.03. The van der Waals surface area contributed by atoms with E-state index >= 15 is 0 Å². The zero-order chi connectivity index (χ0) is 11.8. The zero-order valence-corrected chi connectivity index (χ0v) is 9.60. The number of nitrogens with one attached hydrogen (secondary N) is 1. The molecule has 0 aliphatic heterocycles. The van der Waals surface area contributed by atoms with Crippen molar-refractivity contribution in [1.29, 1.82) is 5.26 Å². The van der Waals surface area contributed by atoms with E-state index in [1.54, 1.807) is 6.07 Å². The fraction of sp³-hybridized carbons (Fsp3) is 0.545. The van der Waals surface area contributed by atoms with Gasteiger partial charge in [-0.05, 0) is 19.0 Å². The van der Waals surface area contributed by atoms with Crippen LogP contribution >= 0.6 is 0 Å². The van der Waals surface area contributed by atoms with E-state index in [1.807, 2.05) is 6.07 Å². The van der Waals surface area contributed by atoms with Crippen LogP contribution in [-0.4, -0.2) is 29.4 Å². The second-order valence-electron chi connectivity index (χ2n) is 3.67. The molecular formula is C11H16N4O. The summed E-state index contributed by atoms with van der Waals surface area (Å²) in [4.78, 5) is 0. The van der Waals surface area contributed by atoms with Gasteiger partial charge in [-0.15, -0.1) is 5.10 Å². The Labute approximate surface area is 95.4 Å². The van der Waals surface area contributed by atoms with E-state index in [1.165, 1.54) is 6.20 Å². The first-order valence-electron chi connectivity index (χ1n) is 5.32. The van der Waals surface area contributed by atoms with Gasteiger partial charge in [-0.3, -0.25) is 0 Å². The van der Waals surface area contributed by atoms with Crippen molar-refractivity contribution in [3.63, 3.8) is 0 Å². The van der Waals surface area contributed by atoms with Gasteiger partial charge in [-0.1, -0.05) is 13.8 Å². The van der Waals surface area contributed by atoms with Gasteiger partial charge in [0.25, 0.3) is 5.88 Å². The normalized spacial score (nSPS) is 10.1. The van der Waals surface area contributed by atoms with Gasteiger partial charge >= 0.3 is 0 Å². The van der Waals surface area contributed by atoms with E-state index in [0.29, 0.717) is 24.1 Å². The highest BCUT2D eigenvalue weighted by atomic mass is 16.5. The second-order valence-corrected chi connectivity index (χ2v) is 3.67. The van der Waals surface area contributed by atoms with Crippen molar-refractivity contribution in [1.82, 2.24) is 15.5 Å². The quantitative estimate of drug-likeness (QED) is 0.727. The van der Waals surface area contributed by atoms with Gasteiger partial charge in [0.2, 0.25) is 0 Å². The molecule has 1 N–H and O–H groups in total. The molecule has 0 amide bonds. The Morgan fingerprint density at radius 2 is 2.38 bits per heavy atom. The van der Waals surface area contributed by atoms with E-state index < -0.39 is 0 Å². The molecule has 1 aromatic rings. The maximum atomic E-state index is 8.78. The Morgan fingerprint density at radius 3 is 3.06 bits per heavy atom. The van der Waals surface area contributed by atoms with Crippen molar-refractivity contribution in [2.45, 2.75) is 26.3 Å². The third-order valence-corrected chi connectivity index (χ3v) is 1.92. The molecular weight excluding hydrogens is 204 g/mol. The van der Waals surface area contributed by atoms with Crippen molar-refractivity contribution < 1.29 is 4.74 Å². The number of nitrogens with zero attached hydrogens (tertiary/aromatic N) is 3. The Kier molecular flexibility index (Phi) is 5.23. The predicted octanol–water partition coefficient (Wildman–Crippen LogP) is 1.12. The lowest BCUT2D eigenvalue weighted by atomic mass is 10.3. The fourth-order valence-electron chi connectivity index (χ4n) is 1.14. The fourth-order valence-corrected chi connectivity index (χ4v) is 1.14. The predicted molar refractivity (Wildman–Crippen MR) is 60.0 cm³/mol. The maximum absolute atomic E-state index is 8.78. The minimum absolute atomic E-state index is 0.314. The molecule has 1 aromatic heterocycles. The standard InChI is InChI=1S/C11H16N4O/c1-9(2)13-5-3-7-16-11-10(8-12)4-6-14-15-11/h4,6,9,13H,3,5,7H2,1-2H3. The molecule has 5 heteroatoms. The van der Waals surface area contributed by atoms with Gasteiger partial charge in [-0.25, -0.2) is 0 Å². The maximum Gasteiger partial charge on any atom is 0.251 e. The lowest BCUT2D eigenvalue weighted by molar-refractivity contribution is 0.291. The SMILES string of the molecule is CC(C)NCCCOc1nnccc1C#N. The first kappa shape index (κ1) is 12.4. The van der Waals surface area contributed by atoms with Crippen LogP contribution in [0.3, 0.4) is 0 Å². The molecule has 0 atom stereocenters. The number of hydrogen-bond acceptors (Lipinski definition) is 5.